The number of fused-ring (bicyclic) bond motifs is 1. The summed E-state index contributed by atoms with van der Waals surface area (Å²) in [6.45, 7) is 4.66. The molecule has 1 heterocycles. The van der Waals surface area contributed by atoms with E-state index in [4.69, 9.17) is 0 Å². The first-order valence-electron chi connectivity index (χ1n) is 9.27. The third kappa shape index (κ3) is 5.29. The van der Waals surface area contributed by atoms with Crippen molar-refractivity contribution in [3.8, 4) is 0 Å². The Kier molecular flexibility index (Phi) is 6.41. The summed E-state index contributed by atoms with van der Waals surface area (Å²) in [5.41, 5.74) is 3.45. The van der Waals surface area contributed by atoms with Gasteiger partial charge in [0.15, 0.2) is 5.96 Å². The molecule has 5 nitrogen and oxygen atoms in total. The summed E-state index contributed by atoms with van der Waals surface area (Å²) in [6, 6.07) is 14.5. The Bertz CT molecular complexity index is 804. The van der Waals surface area contributed by atoms with Crippen LogP contribution in [0.4, 0.5) is 4.39 Å². The Labute approximate surface area is 159 Å². The molecule has 0 saturated carbocycles. The number of aliphatic imine (C=N–C) groups is 1. The molecule has 0 fully saturated rings. The standard InChI is InChI=1S/C21H25FN4O/c1-2-23-21(24-13-16-7-9-19(22)10-8-16)25-14-20(27)26-12-11-17-5-3-4-6-18(17)15-26/h3-10H,2,11-15H2,1H3,(H2,23,24,25). The lowest BCUT2D eigenvalue weighted by molar-refractivity contribution is -0.130. The summed E-state index contributed by atoms with van der Waals surface area (Å²) >= 11 is 0. The maximum atomic E-state index is 13.0. The van der Waals surface area contributed by atoms with E-state index in [1.807, 2.05) is 24.0 Å². The van der Waals surface area contributed by atoms with Gasteiger partial charge in [0.05, 0.1) is 13.1 Å². The Hall–Kier alpha value is -2.89. The SMILES string of the molecule is CCNC(=NCc1ccc(F)cc1)NCC(=O)N1CCc2ccccc2C1. The van der Waals surface area contributed by atoms with E-state index in [-0.39, 0.29) is 18.3 Å². The van der Waals surface area contributed by atoms with E-state index in [0.717, 1.165) is 18.5 Å². The molecule has 2 aromatic carbocycles. The third-order valence-corrected chi connectivity index (χ3v) is 4.57. The van der Waals surface area contributed by atoms with Crippen LogP contribution in [0.1, 0.15) is 23.6 Å². The molecule has 6 heteroatoms. The summed E-state index contributed by atoms with van der Waals surface area (Å²) < 4.78 is 13.0. The van der Waals surface area contributed by atoms with Crippen LogP contribution in [-0.2, 0) is 24.3 Å². The zero-order chi connectivity index (χ0) is 19.1. The van der Waals surface area contributed by atoms with Crippen LogP contribution in [0.15, 0.2) is 53.5 Å². The Morgan fingerprint density at radius 1 is 1.11 bits per heavy atom. The topological polar surface area (TPSA) is 56.7 Å². The predicted molar refractivity (Wildman–Crippen MR) is 105 cm³/mol. The fourth-order valence-electron chi connectivity index (χ4n) is 3.08. The smallest absolute Gasteiger partial charge is 0.242 e. The largest absolute Gasteiger partial charge is 0.357 e. The number of benzene rings is 2. The minimum Gasteiger partial charge on any atom is -0.357 e. The van der Waals surface area contributed by atoms with Crippen LogP contribution >= 0.6 is 0 Å². The molecule has 3 rings (SSSR count). The first kappa shape index (κ1) is 18.9. The lowest BCUT2D eigenvalue weighted by atomic mass is 10.00. The van der Waals surface area contributed by atoms with Crippen molar-refractivity contribution in [2.45, 2.75) is 26.4 Å². The molecule has 0 aromatic heterocycles. The lowest BCUT2D eigenvalue weighted by Crippen LogP contribution is -2.45. The molecule has 0 radical (unpaired) electrons. The molecule has 1 aliphatic heterocycles. The minimum atomic E-state index is -0.263. The second-order valence-corrected chi connectivity index (χ2v) is 6.51. The van der Waals surface area contributed by atoms with E-state index < -0.39 is 0 Å². The van der Waals surface area contributed by atoms with Gasteiger partial charge in [-0.1, -0.05) is 36.4 Å². The van der Waals surface area contributed by atoms with Gasteiger partial charge in [-0.25, -0.2) is 9.38 Å². The molecule has 27 heavy (non-hydrogen) atoms. The van der Waals surface area contributed by atoms with Gasteiger partial charge in [-0.3, -0.25) is 4.79 Å². The van der Waals surface area contributed by atoms with Crippen LogP contribution in [-0.4, -0.2) is 36.4 Å². The second-order valence-electron chi connectivity index (χ2n) is 6.51. The molecular formula is C21H25FN4O. The molecule has 0 saturated heterocycles. The molecule has 0 bridgehead atoms. The fourth-order valence-corrected chi connectivity index (χ4v) is 3.08. The zero-order valence-electron chi connectivity index (χ0n) is 15.5. The van der Waals surface area contributed by atoms with Gasteiger partial charge < -0.3 is 15.5 Å². The third-order valence-electron chi connectivity index (χ3n) is 4.57. The summed E-state index contributed by atoms with van der Waals surface area (Å²) in [7, 11) is 0. The highest BCUT2D eigenvalue weighted by atomic mass is 19.1. The van der Waals surface area contributed by atoms with Crippen molar-refractivity contribution in [3.63, 3.8) is 0 Å². The van der Waals surface area contributed by atoms with Crippen molar-refractivity contribution in [3.05, 3.63) is 71.0 Å². The van der Waals surface area contributed by atoms with Crippen molar-refractivity contribution in [2.24, 2.45) is 4.99 Å². The number of halogens is 1. The highest BCUT2D eigenvalue weighted by Gasteiger charge is 2.20. The minimum absolute atomic E-state index is 0.0527. The predicted octanol–water partition coefficient (Wildman–Crippen LogP) is 2.47. The van der Waals surface area contributed by atoms with Gasteiger partial charge in [-0.15, -0.1) is 0 Å². The first-order valence-corrected chi connectivity index (χ1v) is 9.27. The fraction of sp³-hybridized carbons (Fsp3) is 0.333. The number of rotatable bonds is 5. The van der Waals surface area contributed by atoms with Gasteiger partial charge in [0.1, 0.15) is 5.82 Å². The number of amides is 1. The summed E-state index contributed by atoms with van der Waals surface area (Å²) in [6.07, 6.45) is 0.890. The summed E-state index contributed by atoms with van der Waals surface area (Å²) in [5, 5.41) is 6.23. The van der Waals surface area contributed by atoms with E-state index in [0.29, 0.717) is 25.6 Å². The highest BCUT2D eigenvalue weighted by molar-refractivity contribution is 5.86. The van der Waals surface area contributed by atoms with E-state index in [9.17, 15) is 9.18 Å². The van der Waals surface area contributed by atoms with Crippen LogP contribution in [0.3, 0.4) is 0 Å². The second kappa shape index (κ2) is 9.16. The normalized spacial score (nSPS) is 13.9. The van der Waals surface area contributed by atoms with Crippen LogP contribution in [0.25, 0.3) is 0 Å². The maximum Gasteiger partial charge on any atom is 0.242 e. The number of nitrogens with one attached hydrogen (secondary N) is 2. The first-order chi connectivity index (χ1) is 13.2. The monoisotopic (exact) mass is 368 g/mol. The van der Waals surface area contributed by atoms with Crippen molar-refractivity contribution >= 4 is 11.9 Å². The van der Waals surface area contributed by atoms with Crippen molar-refractivity contribution in [1.29, 1.82) is 0 Å². The molecule has 1 amide bonds. The highest BCUT2D eigenvalue weighted by Crippen LogP contribution is 2.18. The van der Waals surface area contributed by atoms with E-state index in [1.54, 1.807) is 12.1 Å². The number of nitrogens with zero attached hydrogens (tertiary/aromatic N) is 2. The molecule has 142 valence electrons. The number of hydrogen-bond acceptors (Lipinski definition) is 2. The van der Waals surface area contributed by atoms with Gasteiger partial charge in [-0.05, 0) is 42.2 Å². The average molecular weight is 368 g/mol. The Morgan fingerprint density at radius 3 is 2.59 bits per heavy atom. The number of guanidine groups is 1. The van der Waals surface area contributed by atoms with Crippen LogP contribution in [0, 0.1) is 5.82 Å². The molecule has 0 unspecified atom stereocenters. The van der Waals surface area contributed by atoms with Crippen molar-refractivity contribution in [2.75, 3.05) is 19.6 Å². The average Bonchev–Trinajstić information content (AvgIpc) is 2.70. The lowest BCUT2D eigenvalue weighted by Gasteiger charge is -2.29. The van der Waals surface area contributed by atoms with Gasteiger partial charge in [0.25, 0.3) is 0 Å². The number of carbonyl (C=O) groups excluding carboxylic acids is 1. The maximum absolute atomic E-state index is 13.0. The molecule has 0 aliphatic carbocycles. The van der Waals surface area contributed by atoms with Crippen molar-refractivity contribution in [1.82, 2.24) is 15.5 Å². The zero-order valence-corrected chi connectivity index (χ0v) is 15.5. The quantitative estimate of drug-likeness (QED) is 0.630. The van der Waals surface area contributed by atoms with E-state index >= 15 is 0 Å². The van der Waals surface area contributed by atoms with Crippen LogP contribution < -0.4 is 10.6 Å². The van der Waals surface area contributed by atoms with Gasteiger partial charge in [0.2, 0.25) is 5.91 Å². The van der Waals surface area contributed by atoms with Gasteiger partial charge >= 0.3 is 0 Å². The molecule has 0 atom stereocenters. The molecule has 2 N–H and O–H groups in total. The summed E-state index contributed by atoms with van der Waals surface area (Å²) in [4.78, 5) is 18.9. The van der Waals surface area contributed by atoms with Gasteiger partial charge in [-0.2, -0.15) is 0 Å². The van der Waals surface area contributed by atoms with Crippen LogP contribution in [0.5, 0.6) is 0 Å². The van der Waals surface area contributed by atoms with Crippen LogP contribution in [0.2, 0.25) is 0 Å². The van der Waals surface area contributed by atoms with E-state index in [2.05, 4.69) is 27.8 Å². The Balaban J connectivity index is 1.55. The number of hydrogen-bond donors (Lipinski definition) is 2. The van der Waals surface area contributed by atoms with Crippen molar-refractivity contribution < 1.29 is 9.18 Å². The van der Waals surface area contributed by atoms with E-state index in [1.165, 1.54) is 23.3 Å². The molecular weight excluding hydrogens is 343 g/mol. The molecule has 1 aliphatic rings. The molecule has 2 aromatic rings. The van der Waals surface area contributed by atoms with Gasteiger partial charge in [0, 0.05) is 19.6 Å². The molecule has 0 spiro atoms. The Morgan fingerprint density at radius 2 is 1.85 bits per heavy atom. The number of carbonyl (C=O) groups is 1. The summed E-state index contributed by atoms with van der Waals surface area (Å²) in [5.74, 6) is 0.367.